The maximum Gasteiger partial charge on any atom is 0.325 e. The molecule has 2 rings (SSSR count). The van der Waals surface area contributed by atoms with Crippen LogP contribution in [0.2, 0.25) is 0 Å². The van der Waals surface area contributed by atoms with Crippen molar-refractivity contribution < 1.29 is 18.7 Å². The highest BCUT2D eigenvalue weighted by Crippen LogP contribution is 2.03. The molecule has 0 aliphatic rings. The monoisotopic (exact) mass is 287 g/mol. The van der Waals surface area contributed by atoms with Crippen molar-refractivity contribution in [2.75, 3.05) is 6.54 Å². The molecule has 0 radical (unpaired) electrons. The van der Waals surface area contributed by atoms with E-state index in [4.69, 9.17) is 4.74 Å². The van der Waals surface area contributed by atoms with Gasteiger partial charge in [-0.2, -0.15) is 0 Å². The van der Waals surface area contributed by atoms with Gasteiger partial charge in [-0.3, -0.25) is 9.59 Å². The van der Waals surface area contributed by atoms with E-state index in [1.165, 1.54) is 24.3 Å². The van der Waals surface area contributed by atoms with Crippen LogP contribution in [0.5, 0.6) is 0 Å². The zero-order valence-electron chi connectivity index (χ0n) is 11.2. The first-order valence-corrected chi connectivity index (χ1v) is 6.38. The Morgan fingerprint density at radius 3 is 2.33 bits per heavy atom. The summed E-state index contributed by atoms with van der Waals surface area (Å²) in [5, 5.41) is 2.42. The summed E-state index contributed by atoms with van der Waals surface area (Å²) in [6, 6.07) is 14.3. The van der Waals surface area contributed by atoms with Gasteiger partial charge in [0.1, 0.15) is 19.0 Å². The van der Waals surface area contributed by atoms with Gasteiger partial charge in [-0.15, -0.1) is 0 Å². The van der Waals surface area contributed by atoms with E-state index in [2.05, 4.69) is 5.32 Å². The minimum Gasteiger partial charge on any atom is -0.460 e. The van der Waals surface area contributed by atoms with Gasteiger partial charge in [0, 0.05) is 5.56 Å². The smallest absolute Gasteiger partial charge is 0.325 e. The fourth-order valence-corrected chi connectivity index (χ4v) is 1.64. The predicted octanol–water partition coefficient (Wildman–Crippen LogP) is 2.30. The molecule has 5 heteroatoms. The standard InChI is InChI=1S/C16H14FNO3/c17-14-8-6-13(7-9-14)16(20)18-10-15(19)21-11-12-4-2-1-3-5-12/h1-9H,10-11H2,(H,18,20). The molecule has 0 aromatic heterocycles. The van der Waals surface area contributed by atoms with Crippen LogP contribution < -0.4 is 5.32 Å². The summed E-state index contributed by atoms with van der Waals surface area (Å²) in [4.78, 5) is 23.2. The topological polar surface area (TPSA) is 55.4 Å². The van der Waals surface area contributed by atoms with Gasteiger partial charge >= 0.3 is 5.97 Å². The molecule has 0 unspecified atom stereocenters. The van der Waals surface area contributed by atoms with Crippen LogP contribution in [0.15, 0.2) is 54.6 Å². The molecule has 4 nitrogen and oxygen atoms in total. The first kappa shape index (κ1) is 14.7. The number of benzene rings is 2. The van der Waals surface area contributed by atoms with E-state index >= 15 is 0 Å². The summed E-state index contributed by atoms with van der Waals surface area (Å²) in [6.45, 7) is -0.0743. The molecule has 1 N–H and O–H groups in total. The maximum absolute atomic E-state index is 12.7. The van der Waals surface area contributed by atoms with E-state index in [0.29, 0.717) is 0 Å². The first-order chi connectivity index (χ1) is 10.1. The molecule has 0 aliphatic heterocycles. The maximum atomic E-state index is 12.7. The lowest BCUT2D eigenvalue weighted by atomic mass is 10.2. The van der Waals surface area contributed by atoms with Crippen molar-refractivity contribution in [1.29, 1.82) is 0 Å². The third-order valence-corrected chi connectivity index (χ3v) is 2.74. The largest absolute Gasteiger partial charge is 0.460 e. The number of halogens is 1. The van der Waals surface area contributed by atoms with Crippen LogP contribution in [0.4, 0.5) is 4.39 Å². The summed E-state index contributed by atoms with van der Waals surface area (Å²) < 4.78 is 17.7. The minimum atomic E-state index is -0.533. The van der Waals surface area contributed by atoms with Crippen molar-refractivity contribution in [3.63, 3.8) is 0 Å². The molecule has 2 aromatic carbocycles. The number of carbonyl (C=O) groups excluding carboxylic acids is 2. The molecule has 21 heavy (non-hydrogen) atoms. The quantitative estimate of drug-likeness (QED) is 0.858. The molecular weight excluding hydrogens is 273 g/mol. The van der Waals surface area contributed by atoms with Crippen LogP contribution in [0.25, 0.3) is 0 Å². The van der Waals surface area contributed by atoms with Crippen molar-refractivity contribution in [2.45, 2.75) is 6.61 Å². The Hall–Kier alpha value is -2.69. The average Bonchev–Trinajstić information content (AvgIpc) is 2.52. The lowest BCUT2D eigenvalue weighted by Gasteiger charge is -2.06. The van der Waals surface area contributed by atoms with E-state index in [1.807, 2.05) is 30.3 Å². The molecule has 1 amide bonds. The predicted molar refractivity (Wildman–Crippen MR) is 75.0 cm³/mol. The molecule has 0 saturated carbocycles. The Morgan fingerprint density at radius 2 is 1.67 bits per heavy atom. The lowest BCUT2D eigenvalue weighted by Crippen LogP contribution is -2.30. The molecule has 2 aromatic rings. The molecule has 0 atom stereocenters. The minimum absolute atomic E-state index is 0.159. The molecule has 0 saturated heterocycles. The van der Waals surface area contributed by atoms with Gasteiger partial charge in [0.15, 0.2) is 0 Å². The van der Waals surface area contributed by atoms with Gasteiger partial charge in [0.25, 0.3) is 5.91 Å². The fraction of sp³-hybridized carbons (Fsp3) is 0.125. The number of ether oxygens (including phenoxy) is 1. The summed E-state index contributed by atoms with van der Waals surface area (Å²) in [5.41, 5.74) is 1.16. The van der Waals surface area contributed by atoms with Crippen molar-refractivity contribution in [3.05, 3.63) is 71.5 Å². The lowest BCUT2D eigenvalue weighted by molar-refractivity contribution is -0.143. The van der Waals surface area contributed by atoms with Crippen molar-refractivity contribution in [1.82, 2.24) is 5.32 Å². The molecule has 0 aliphatic carbocycles. The summed E-state index contributed by atoms with van der Waals surface area (Å²) in [5.74, 6) is -1.41. The van der Waals surface area contributed by atoms with Crippen LogP contribution in [0.1, 0.15) is 15.9 Å². The molecule has 0 fully saturated rings. The zero-order chi connectivity index (χ0) is 15.1. The Balaban J connectivity index is 1.76. The van der Waals surface area contributed by atoms with Crippen molar-refractivity contribution >= 4 is 11.9 Å². The molecule has 0 bridgehead atoms. The molecule has 0 spiro atoms. The summed E-state index contributed by atoms with van der Waals surface area (Å²) >= 11 is 0. The number of hydrogen-bond acceptors (Lipinski definition) is 3. The molecular formula is C16H14FNO3. The van der Waals surface area contributed by atoms with Gasteiger partial charge in [0.2, 0.25) is 0 Å². The van der Waals surface area contributed by atoms with Crippen LogP contribution in [-0.2, 0) is 16.1 Å². The SMILES string of the molecule is O=C(CNC(=O)c1ccc(F)cc1)OCc1ccccc1. The number of nitrogens with one attached hydrogen (secondary N) is 1. The van der Waals surface area contributed by atoms with E-state index in [1.54, 1.807) is 0 Å². The molecule has 0 heterocycles. The highest BCUT2D eigenvalue weighted by Gasteiger charge is 2.09. The van der Waals surface area contributed by atoms with Crippen molar-refractivity contribution in [3.8, 4) is 0 Å². The average molecular weight is 287 g/mol. The van der Waals surface area contributed by atoms with Gasteiger partial charge in [-0.25, -0.2) is 4.39 Å². The van der Waals surface area contributed by atoms with Gasteiger partial charge < -0.3 is 10.1 Å². The zero-order valence-corrected chi connectivity index (χ0v) is 11.2. The number of amides is 1. The number of rotatable bonds is 5. The number of esters is 1. The second kappa shape index (κ2) is 7.19. The second-order valence-electron chi connectivity index (χ2n) is 4.34. The van der Waals surface area contributed by atoms with E-state index < -0.39 is 17.7 Å². The molecule has 108 valence electrons. The Kier molecular flexibility index (Phi) is 5.04. The van der Waals surface area contributed by atoms with Crippen molar-refractivity contribution in [2.24, 2.45) is 0 Å². The van der Waals surface area contributed by atoms with E-state index in [-0.39, 0.29) is 18.7 Å². The highest BCUT2D eigenvalue weighted by molar-refractivity contribution is 5.95. The normalized spacial score (nSPS) is 9.95. The van der Waals surface area contributed by atoms with E-state index in [0.717, 1.165) is 5.56 Å². The van der Waals surface area contributed by atoms with Gasteiger partial charge in [-0.05, 0) is 29.8 Å². The Bertz CT molecular complexity index is 611. The third kappa shape index (κ3) is 4.72. The summed E-state index contributed by atoms with van der Waals surface area (Å²) in [7, 11) is 0. The Morgan fingerprint density at radius 1 is 1.00 bits per heavy atom. The fourth-order valence-electron chi connectivity index (χ4n) is 1.64. The Labute approximate surface area is 121 Å². The highest BCUT2D eigenvalue weighted by atomic mass is 19.1. The number of hydrogen-bond donors (Lipinski definition) is 1. The van der Waals surface area contributed by atoms with Crippen LogP contribution in [0, 0.1) is 5.82 Å². The van der Waals surface area contributed by atoms with Crippen LogP contribution in [0.3, 0.4) is 0 Å². The van der Waals surface area contributed by atoms with Gasteiger partial charge in [0.05, 0.1) is 0 Å². The van der Waals surface area contributed by atoms with Crippen LogP contribution >= 0.6 is 0 Å². The number of carbonyl (C=O) groups is 2. The summed E-state index contributed by atoms with van der Waals surface area (Å²) in [6.07, 6.45) is 0. The third-order valence-electron chi connectivity index (χ3n) is 2.74. The van der Waals surface area contributed by atoms with Gasteiger partial charge in [-0.1, -0.05) is 30.3 Å². The van der Waals surface area contributed by atoms with E-state index in [9.17, 15) is 14.0 Å². The second-order valence-corrected chi connectivity index (χ2v) is 4.34. The van der Waals surface area contributed by atoms with Crippen LogP contribution in [-0.4, -0.2) is 18.4 Å². The first-order valence-electron chi connectivity index (χ1n) is 6.38.